The Balaban J connectivity index is 2.04. The Kier molecular flexibility index (Phi) is 4.77. The Hall–Kier alpha value is -1.28. The highest BCUT2D eigenvalue weighted by atomic mass is 16.5. The van der Waals surface area contributed by atoms with E-state index in [-0.39, 0.29) is 11.1 Å². The van der Waals surface area contributed by atoms with Crippen LogP contribution >= 0.6 is 0 Å². The van der Waals surface area contributed by atoms with Crippen LogP contribution < -0.4 is 0 Å². The van der Waals surface area contributed by atoms with Gasteiger partial charge in [-0.15, -0.1) is 0 Å². The number of hydrogen-bond acceptors (Lipinski definition) is 2. The number of likely N-dealkylation sites (tertiary alicyclic amines) is 1. The predicted octanol–water partition coefficient (Wildman–Crippen LogP) is 4.76. The van der Waals surface area contributed by atoms with Gasteiger partial charge in [0.25, 0.3) is 0 Å². The van der Waals surface area contributed by atoms with Crippen molar-refractivity contribution in [2.75, 3.05) is 0 Å². The molecule has 2 heteroatoms. The highest BCUT2D eigenvalue weighted by molar-refractivity contribution is 5.13. The van der Waals surface area contributed by atoms with Crippen LogP contribution in [0.3, 0.4) is 0 Å². The minimum Gasteiger partial charge on any atom is -0.373 e. The first-order valence-electron chi connectivity index (χ1n) is 7.93. The van der Waals surface area contributed by atoms with Gasteiger partial charge in [0.2, 0.25) is 0 Å². The van der Waals surface area contributed by atoms with Crippen LogP contribution in [-0.2, 0) is 11.3 Å². The predicted molar refractivity (Wildman–Crippen MR) is 89.1 cm³/mol. The lowest BCUT2D eigenvalue weighted by molar-refractivity contribution is -0.0863. The molecular weight excluding hydrogens is 258 g/mol. The van der Waals surface area contributed by atoms with Gasteiger partial charge in [0.15, 0.2) is 0 Å². The van der Waals surface area contributed by atoms with Crippen molar-refractivity contribution in [3.8, 4) is 0 Å². The van der Waals surface area contributed by atoms with Gasteiger partial charge in [0, 0.05) is 11.1 Å². The molecule has 0 aromatic heterocycles. The van der Waals surface area contributed by atoms with Crippen molar-refractivity contribution in [1.29, 1.82) is 0 Å². The van der Waals surface area contributed by atoms with E-state index in [9.17, 15) is 0 Å². The van der Waals surface area contributed by atoms with Gasteiger partial charge in [0.05, 0.1) is 12.7 Å². The summed E-state index contributed by atoms with van der Waals surface area (Å²) in [7, 11) is 0. The first-order chi connectivity index (χ1) is 9.85. The molecule has 0 spiro atoms. The Labute approximate surface area is 129 Å². The van der Waals surface area contributed by atoms with Crippen molar-refractivity contribution in [3.63, 3.8) is 0 Å². The second-order valence-electron chi connectivity index (χ2n) is 7.30. The second-order valence-corrected chi connectivity index (χ2v) is 7.30. The number of ether oxygens (including phenoxy) is 1. The Morgan fingerprint density at radius 1 is 1.10 bits per heavy atom. The summed E-state index contributed by atoms with van der Waals surface area (Å²) in [5.41, 5.74) is 1.49. The highest BCUT2D eigenvalue weighted by Crippen LogP contribution is 2.40. The molecule has 0 aliphatic carbocycles. The van der Waals surface area contributed by atoms with E-state index in [0.717, 1.165) is 12.8 Å². The number of benzene rings is 1. The van der Waals surface area contributed by atoms with Gasteiger partial charge in [-0.2, -0.15) is 0 Å². The molecule has 2 nitrogen and oxygen atoms in total. The van der Waals surface area contributed by atoms with Gasteiger partial charge in [-0.05, 0) is 59.2 Å². The summed E-state index contributed by atoms with van der Waals surface area (Å²) in [6.45, 7) is 12.0. The van der Waals surface area contributed by atoms with Gasteiger partial charge in [-0.25, -0.2) is 0 Å². The number of nitrogens with zero attached hydrogens (tertiary/aromatic N) is 1. The Morgan fingerprint density at radius 3 is 2.19 bits per heavy atom. The van der Waals surface area contributed by atoms with E-state index in [1.807, 2.05) is 6.07 Å². The summed E-state index contributed by atoms with van der Waals surface area (Å²) in [5, 5.41) is 0. The third-order valence-corrected chi connectivity index (χ3v) is 4.39. The number of allylic oxidation sites excluding steroid dienone is 1. The minimum absolute atomic E-state index is 0.121. The van der Waals surface area contributed by atoms with Gasteiger partial charge in [-0.3, -0.25) is 0 Å². The topological polar surface area (TPSA) is 12.5 Å². The fraction of sp³-hybridized carbons (Fsp3) is 0.579. The van der Waals surface area contributed by atoms with Crippen LogP contribution in [0.4, 0.5) is 0 Å². The van der Waals surface area contributed by atoms with Crippen molar-refractivity contribution in [2.24, 2.45) is 0 Å². The quantitative estimate of drug-likeness (QED) is 0.791. The zero-order valence-electron chi connectivity index (χ0n) is 14.1. The van der Waals surface area contributed by atoms with E-state index >= 15 is 0 Å². The summed E-state index contributed by atoms with van der Waals surface area (Å²) < 4.78 is 6.22. The molecule has 1 aliphatic heterocycles. The fourth-order valence-corrected chi connectivity index (χ4v) is 3.66. The van der Waals surface area contributed by atoms with Crippen LogP contribution in [0.5, 0.6) is 0 Å². The number of piperidine rings is 1. The molecular formula is C19H29NO. The SMILES string of the molecule is CC=CN1C(C)(C)CC(OCc2ccccc2)CC1(C)C. The van der Waals surface area contributed by atoms with E-state index in [1.165, 1.54) is 5.56 Å². The van der Waals surface area contributed by atoms with E-state index in [1.54, 1.807) is 0 Å². The lowest BCUT2D eigenvalue weighted by atomic mass is 9.78. The van der Waals surface area contributed by atoms with Gasteiger partial charge in [-0.1, -0.05) is 36.4 Å². The lowest BCUT2D eigenvalue weighted by Gasteiger charge is -2.55. The van der Waals surface area contributed by atoms with Crippen molar-refractivity contribution in [2.45, 2.75) is 71.2 Å². The van der Waals surface area contributed by atoms with Crippen molar-refractivity contribution < 1.29 is 4.74 Å². The molecule has 1 fully saturated rings. The van der Waals surface area contributed by atoms with Crippen LogP contribution in [0, 0.1) is 0 Å². The van der Waals surface area contributed by atoms with Crippen LogP contribution in [0.15, 0.2) is 42.6 Å². The fourth-order valence-electron chi connectivity index (χ4n) is 3.66. The second kappa shape index (κ2) is 6.23. The van der Waals surface area contributed by atoms with Gasteiger partial charge >= 0.3 is 0 Å². The molecule has 21 heavy (non-hydrogen) atoms. The average Bonchev–Trinajstić information content (AvgIpc) is 2.41. The molecule has 116 valence electrons. The molecule has 1 aromatic carbocycles. The monoisotopic (exact) mass is 287 g/mol. The summed E-state index contributed by atoms with van der Waals surface area (Å²) >= 11 is 0. The molecule has 0 radical (unpaired) electrons. The molecule has 0 bridgehead atoms. The van der Waals surface area contributed by atoms with E-state index < -0.39 is 0 Å². The number of rotatable bonds is 4. The summed E-state index contributed by atoms with van der Waals surface area (Å²) in [5.74, 6) is 0. The maximum atomic E-state index is 6.22. The summed E-state index contributed by atoms with van der Waals surface area (Å²) in [4.78, 5) is 2.49. The Morgan fingerprint density at radius 2 is 1.67 bits per heavy atom. The van der Waals surface area contributed by atoms with Crippen LogP contribution in [0.25, 0.3) is 0 Å². The minimum atomic E-state index is 0.121. The lowest BCUT2D eigenvalue weighted by Crippen LogP contribution is -2.59. The van der Waals surface area contributed by atoms with Crippen LogP contribution in [0.2, 0.25) is 0 Å². The maximum absolute atomic E-state index is 6.22. The van der Waals surface area contributed by atoms with E-state index in [4.69, 9.17) is 4.74 Å². The molecule has 1 heterocycles. The first kappa shape index (κ1) is 16.1. The maximum Gasteiger partial charge on any atom is 0.0720 e. The largest absolute Gasteiger partial charge is 0.373 e. The molecule has 1 aromatic rings. The van der Waals surface area contributed by atoms with E-state index in [0.29, 0.717) is 12.7 Å². The molecule has 0 saturated carbocycles. The van der Waals surface area contributed by atoms with Crippen molar-refractivity contribution >= 4 is 0 Å². The van der Waals surface area contributed by atoms with Crippen molar-refractivity contribution in [1.82, 2.24) is 4.90 Å². The molecule has 0 N–H and O–H groups in total. The Bertz CT molecular complexity index is 458. The molecule has 1 saturated heterocycles. The first-order valence-corrected chi connectivity index (χ1v) is 7.93. The third kappa shape index (κ3) is 3.88. The van der Waals surface area contributed by atoms with Gasteiger partial charge in [0.1, 0.15) is 0 Å². The highest BCUT2D eigenvalue weighted by Gasteiger charge is 2.43. The third-order valence-electron chi connectivity index (χ3n) is 4.39. The van der Waals surface area contributed by atoms with Crippen LogP contribution in [-0.4, -0.2) is 22.1 Å². The average molecular weight is 287 g/mol. The van der Waals surface area contributed by atoms with Crippen LogP contribution in [0.1, 0.15) is 53.0 Å². The summed E-state index contributed by atoms with van der Waals surface area (Å²) in [6.07, 6.45) is 6.81. The smallest absolute Gasteiger partial charge is 0.0720 e. The molecule has 2 rings (SSSR count). The van der Waals surface area contributed by atoms with Crippen molar-refractivity contribution in [3.05, 3.63) is 48.2 Å². The normalized spacial score (nSPS) is 21.9. The molecule has 0 unspecified atom stereocenters. The zero-order valence-corrected chi connectivity index (χ0v) is 14.1. The number of hydrogen-bond donors (Lipinski definition) is 0. The van der Waals surface area contributed by atoms with Gasteiger partial charge < -0.3 is 9.64 Å². The molecule has 1 aliphatic rings. The standard InChI is InChI=1S/C19H29NO/c1-6-12-20-18(2,3)13-17(14-19(20,4)5)21-15-16-10-8-7-9-11-16/h6-12,17H,13-15H2,1-5H3. The molecule has 0 amide bonds. The van der Waals surface area contributed by atoms with E-state index in [2.05, 4.69) is 76.1 Å². The molecule has 0 atom stereocenters. The zero-order chi connectivity index (χ0) is 15.5. The summed E-state index contributed by atoms with van der Waals surface area (Å²) in [6, 6.07) is 10.4.